The van der Waals surface area contributed by atoms with E-state index in [1.165, 1.54) is 16.3 Å². The van der Waals surface area contributed by atoms with E-state index in [0.717, 1.165) is 33.8 Å². The zero-order chi connectivity index (χ0) is 29.9. The summed E-state index contributed by atoms with van der Waals surface area (Å²) in [6, 6.07) is 28.2. The summed E-state index contributed by atoms with van der Waals surface area (Å²) >= 11 is 1.08. The molecule has 43 heavy (non-hydrogen) atoms. The Morgan fingerprint density at radius 1 is 0.907 bits per heavy atom. The number of carbonyl (C=O) groups is 1. The minimum absolute atomic E-state index is 0.143. The largest absolute Gasteiger partial charge is 0.497 e. The second-order valence-corrected chi connectivity index (χ2v) is 10.9. The fraction of sp³-hybridized carbons (Fsp3) is 0.147. The average molecular weight is 591 g/mol. The molecule has 216 valence electrons. The predicted molar refractivity (Wildman–Crippen MR) is 171 cm³/mol. The van der Waals surface area contributed by atoms with Crippen LogP contribution in [0.25, 0.3) is 39.1 Å². The lowest BCUT2D eigenvalue weighted by molar-refractivity contribution is -0.131. The van der Waals surface area contributed by atoms with Crippen molar-refractivity contribution in [2.45, 2.75) is 25.2 Å². The average Bonchev–Trinajstić information content (AvgIpc) is 3.61. The summed E-state index contributed by atoms with van der Waals surface area (Å²) in [5.74, 6) is 0.810. The van der Waals surface area contributed by atoms with E-state index in [1.54, 1.807) is 26.4 Å². The number of carboxylic acids is 1. The summed E-state index contributed by atoms with van der Waals surface area (Å²) in [5, 5.41) is 22.9. The second kappa shape index (κ2) is 12.1. The number of aliphatic carboxylic acids is 1. The quantitative estimate of drug-likeness (QED) is 0.132. The van der Waals surface area contributed by atoms with Gasteiger partial charge in [0, 0.05) is 47.4 Å². The van der Waals surface area contributed by atoms with Crippen LogP contribution in [0.5, 0.6) is 11.5 Å². The molecule has 0 fully saturated rings. The molecule has 0 aliphatic heterocycles. The molecule has 0 atom stereocenters. The van der Waals surface area contributed by atoms with Crippen LogP contribution in [-0.4, -0.2) is 44.6 Å². The van der Waals surface area contributed by atoms with E-state index in [2.05, 4.69) is 57.2 Å². The van der Waals surface area contributed by atoms with Gasteiger partial charge in [-0.1, -0.05) is 60.7 Å². The predicted octanol–water partition coefficient (Wildman–Crippen LogP) is 7.36. The van der Waals surface area contributed by atoms with Gasteiger partial charge in [-0.05, 0) is 59.3 Å². The molecule has 0 saturated heterocycles. The third-order valence-electron chi connectivity index (χ3n) is 7.38. The Morgan fingerprint density at radius 2 is 1.60 bits per heavy atom. The van der Waals surface area contributed by atoms with Crippen molar-refractivity contribution in [2.24, 2.45) is 0 Å². The van der Waals surface area contributed by atoms with E-state index in [9.17, 15) is 9.90 Å². The highest BCUT2D eigenvalue weighted by Crippen LogP contribution is 2.35. The normalized spacial score (nSPS) is 11.7. The van der Waals surface area contributed by atoms with Crippen LogP contribution in [0.2, 0.25) is 0 Å². The molecule has 6 rings (SSSR count). The molecule has 0 unspecified atom stereocenters. The van der Waals surface area contributed by atoms with Gasteiger partial charge in [-0.25, -0.2) is 4.79 Å². The number of para-hydroxylation sites is 1. The van der Waals surface area contributed by atoms with Crippen LogP contribution in [0.4, 0.5) is 0 Å². The van der Waals surface area contributed by atoms with Crippen LogP contribution < -0.4 is 9.47 Å². The zero-order valence-corrected chi connectivity index (χ0v) is 24.8. The van der Waals surface area contributed by atoms with Crippen LogP contribution in [0.1, 0.15) is 18.1 Å². The summed E-state index contributed by atoms with van der Waals surface area (Å²) in [7, 11) is 3.18. The lowest BCUT2D eigenvalue weighted by atomic mass is 10.0. The van der Waals surface area contributed by atoms with E-state index in [-0.39, 0.29) is 4.91 Å². The van der Waals surface area contributed by atoms with Crippen LogP contribution in [0, 0.1) is 0 Å². The Bertz CT molecular complexity index is 1960. The van der Waals surface area contributed by atoms with Crippen molar-refractivity contribution in [3.05, 3.63) is 107 Å². The van der Waals surface area contributed by atoms with Gasteiger partial charge in [-0.2, -0.15) is 0 Å². The van der Waals surface area contributed by atoms with Gasteiger partial charge < -0.3 is 23.7 Å². The van der Waals surface area contributed by atoms with Gasteiger partial charge in [0.05, 0.1) is 14.2 Å². The Balaban J connectivity index is 1.38. The summed E-state index contributed by atoms with van der Waals surface area (Å²) in [6.07, 6.45) is 3.74. The number of hydrogen-bond acceptors (Lipinski definition) is 6. The van der Waals surface area contributed by atoms with Gasteiger partial charge in [0.15, 0.2) is 11.0 Å². The first-order valence-corrected chi connectivity index (χ1v) is 14.6. The number of fused-ring (bicyclic) bond motifs is 2. The molecule has 8 nitrogen and oxygen atoms in total. The molecule has 0 aliphatic carbocycles. The maximum atomic E-state index is 12.5. The molecule has 1 N–H and O–H groups in total. The van der Waals surface area contributed by atoms with E-state index >= 15 is 0 Å². The smallest absolute Gasteiger partial charge is 0.342 e. The Labute approximate surface area is 253 Å². The molecule has 0 amide bonds. The van der Waals surface area contributed by atoms with E-state index < -0.39 is 5.97 Å². The second-order valence-electron chi connectivity index (χ2n) is 9.94. The molecule has 2 heterocycles. The molecule has 4 aromatic carbocycles. The minimum atomic E-state index is -1.04. The lowest BCUT2D eigenvalue weighted by Crippen LogP contribution is -2.03. The van der Waals surface area contributed by atoms with Crippen LogP contribution in [-0.2, 0) is 17.9 Å². The monoisotopic (exact) mass is 590 g/mol. The Hall–Kier alpha value is -5.02. The number of rotatable bonds is 10. The highest BCUT2D eigenvalue weighted by molar-refractivity contribution is 8.04. The SMILES string of the molecule is CCn1c(S/C(=C\c2cn(Cc3cccc4ccccc34)c3ccccc23)C(=O)O)nnc1-c1cc(OC)cc(OC)c1. The standard InChI is InChI=1S/C34H30N4O4S/c1-4-38-32(24-16-26(41-2)19-27(17-24)42-3)35-36-34(38)43-31(33(39)40)18-25-21-37(30-15-8-7-14-29(25)30)20-23-12-9-11-22-10-5-6-13-28(22)23/h5-19,21H,4,20H2,1-3H3,(H,39,40)/b31-18-. The molecule has 0 radical (unpaired) electrons. The van der Waals surface area contributed by atoms with Gasteiger partial charge in [-0.3, -0.25) is 0 Å². The first-order valence-electron chi connectivity index (χ1n) is 13.8. The number of hydrogen-bond donors (Lipinski definition) is 1. The van der Waals surface area contributed by atoms with Crippen LogP contribution >= 0.6 is 11.8 Å². The number of nitrogens with zero attached hydrogens (tertiary/aromatic N) is 4. The van der Waals surface area contributed by atoms with Crippen molar-refractivity contribution >= 4 is 45.5 Å². The van der Waals surface area contributed by atoms with Gasteiger partial charge in [0.1, 0.15) is 16.4 Å². The number of methoxy groups -OCH3 is 2. The zero-order valence-electron chi connectivity index (χ0n) is 24.0. The first-order chi connectivity index (χ1) is 21.0. The molecular formula is C34H30N4O4S. The fourth-order valence-electron chi connectivity index (χ4n) is 5.31. The highest BCUT2D eigenvalue weighted by Gasteiger charge is 2.20. The van der Waals surface area contributed by atoms with E-state index in [0.29, 0.717) is 35.6 Å². The summed E-state index contributed by atoms with van der Waals surface area (Å²) in [4.78, 5) is 12.7. The molecule has 0 saturated carbocycles. The van der Waals surface area contributed by atoms with Crippen molar-refractivity contribution in [2.75, 3.05) is 14.2 Å². The summed E-state index contributed by atoms with van der Waals surface area (Å²) in [6.45, 7) is 3.17. The van der Waals surface area contributed by atoms with Gasteiger partial charge in [-0.15, -0.1) is 10.2 Å². The van der Waals surface area contributed by atoms with Crippen molar-refractivity contribution < 1.29 is 19.4 Å². The molecular weight excluding hydrogens is 560 g/mol. The van der Waals surface area contributed by atoms with Gasteiger partial charge >= 0.3 is 5.97 Å². The number of ether oxygens (including phenoxy) is 2. The first kappa shape index (κ1) is 28.1. The van der Waals surface area contributed by atoms with Crippen molar-refractivity contribution in [3.8, 4) is 22.9 Å². The van der Waals surface area contributed by atoms with Gasteiger partial charge in [0.2, 0.25) is 0 Å². The maximum Gasteiger partial charge on any atom is 0.342 e. The van der Waals surface area contributed by atoms with E-state index in [1.807, 2.05) is 54.1 Å². The van der Waals surface area contributed by atoms with Crippen molar-refractivity contribution in [3.63, 3.8) is 0 Å². The molecule has 0 bridgehead atoms. The molecule has 9 heteroatoms. The maximum absolute atomic E-state index is 12.5. The third-order valence-corrected chi connectivity index (χ3v) is 8.38. The van der Waals surface area contributed by atoms with Crippen LogP contribution in [0.15, 0.2) is 101 Å². The summed E-state index contributed by atoms with van der Waals surface area (Å²) in [5.41, 5.74) is 3.80. The number of benzene rings is 4. The molecule has 0 aliphatic rings. The topological polar surface area (TPSA) is 91.4 Å². The van der Waals surface area contributed by atoms with Crippen LogP contribution in [0.3, 0.4) is 0 Å². The van der Waals surface area contributed by atoms with Crippen molar-refractivity contribution in [1.29, 1.82) is 0 Å². The number of aromatic nitrogens is 4. The summed E-state index contributed by atoms with van der Waals surface area (Å²) < 4.78 is 14.9. The Morgan fingerprint density at radius 3 is 2.33 bits per heavy atom. The molecule has 6 aromatic rings. The minimum Gasteiger partial charge on any atom is -0.497 e. The van der Waals surface area contributed by atoms with Gasteiger partial charge in [0.25, 0.3) is 0 Å². The van der Waals surface area contributed by atoms with E-state index in [4.69, 9.17) is 9.47 Å². The highest BCUT2D eigenvalue weighted by atomic mass is 32.2. The molecule has 2 aromatic heterocycles. The Kier molecular flexibility index (Phi) is 7.89. The van der Waals surface area contributed by atoms with Crippen molar-refractivity contribution in [1.82, 2.24) is 19.3 Å². The fourth-order valence-corrected chi connectivity index (χ4v) is 6.19. The number of carboxylic acid groups (broad SMARTS) is 1. The third kappa shape index (κ3) is 5.59. The lowest BCUT2D eigenvalue weighted by Gasteiger charge is -2.10. The molecule has 0 spiro atoms. The number of thioether (sulfide) groups is 1.